The molecule has 0 fully saturated rings. The third kappa shape index (κ3) is 3.20. The van der Waals surface area contributed by atoms with Gasteiger partial charge in [0.25, 0.3) is 5.91 Å². The molecule has 1 heterocycles. The topological polar surface area (TPSA) is 57.8 Å². The van der Waals surface area contributed by atoms with Crippen molar-refractivity contribution < 1.29 is 4.79 Å². The van der Waals surface area contributed by atoms with E-state index in [-0.39, 0.29) is 10.6 Å². The molecule has 0 radical (unpaired) electrons. The van der Waals surface area contributed by atoms with Crippen molar-refractivity contribution in [2.45, 2.75) is 6.92 Å². The average Bonchev–Trinajstić information content (AvgIpc) is 2.88. The molecule has 0 atom stereocenters. The number of para-hydroxylation sites is 1. The van der Waals surface area contributed by atoms with Crippen molar-refractivity contribution in [1.82, 2.24) is 4.57 Å². The number of anilines is 1. The summed E-state index contributed by atoms with van der Waals surface area (Å²) in [5.74, 6) is -0.538. The van der Waals surface area contributed by atoms with Crippen molar-refractivity contribution in [3.8, 4) is 6.07 Å². The molecule has 3 rings (SSSR count). The van der Waals surface area contributed by atoms with Crippen LogP contribution in [0.4, 0.5) is 5.69 Å². The van der Waals surface area contributed by atoms with Gasteiger partial charge >= 0.3 is 0 Å². The molecule has 0 saturated carbocycles. The summed E-state index contributed by atoms with van der Waals surface area (Å²) in [4.78, 5) is 12.6. The van der Waals surface area contributed by atoms with E-state index in [1.54, 1.807) is 24.3 Å². The Morgan fingerprint density at radius 3 is 2.65 bits per heavy atom. The van der Waals surface area contributed by atoms with Crippen LogP contribution in [-0.4, -0.2) is 10.5 Å². The summed E-state index contributed by atoms with van der Waals surface area (Å²) >= 11 is 12.1. The SMILES string of the molecule is Cc1c(C=C(C#N)C(=O)Nc2cccc(Cl)c2Cl)c2ccccc2n1C. The Hall–Kier alpha value is -2.74. The van der Waals surface area contributed by atoms with Crippen LogP contribution in [0.2, 0.25) is 10.0 Å². The van der Waals surface area contributed by atoms with Crippen molar-refractivity contribution in [2.24, 2.45) is 7.05 Å². The van der Waals surface area contributed by atoms with E-state index in [4.69, 9.17) is 23.2 Å². The van der Waals surface area contributed by atoms with Gasteiger partial charge in [0.15, 0.2) is 0 Å². The van der Waals surface area contributed by atoms with Crippen LogP contribution >= 0.6 is 23.2 Å². The number of carbonyl (C=O) groups is 1. The summed E-state index contributed by atoms with van der Waals surface area (Å²) in [6.45, 7) is 1.95. The van der Waals surface area contributed by atoms with Crippen molar-refractivity contribution >= 4 is 51.8 Å². The van der Waals surface area contributed by atoms with Gasteiger partial charge in [0.05, 0.1) is 15.7 Å². The maximum atomic E-state index is 12.6. The van der Waals surface area contributed by atoms with Crippen LogP contribution in [-0.2, 0) is 11.8 Å². The molecule has 0 aliphatic heterocycles. The largest absolute Gasteiger partial charge is 0.347 e. The van der Waals surface area contributed by atoms with Crippen molar-refractivity contribution in [1.29, 1.82) is 5.26 Å². The molecule has 0 spiro atoms. The number of benzene rings is 2. The summed E-state index contributed by atoms with van der Waals surface area (Å²) in [5.41, 5.74) is 3.19. The van der Waals surface area contributed by atoms with Crippen molar-refractivity contribution in [3.63, 3.8) is 0 Å². The number of amides is 1. The molecule has 26 heavy (non-hydrogen) atoms. The number of hydrogen-bond donors (Lipinski definition) is 1. The lowest BCUT2D eigenvalue weighted by molar-refractivity contribution is -0.112. The molecule has 0 bridgehead atoms. The first-order chi connectivity index (χ1) is 12.4. The molecular weight excluding hydrogens is 369 g/mol. The first kappa shape index (κ1) is 18.1. The van der Waals surface area contributed by atoms with Crippen LogP contribution in [0.3, 0.4) is 0 Å². The highest BCUT2D eigenvalue weighted by molar-refractivity contribution is 6.44. The minimum absolute atomic E-state index is 0.0134. The number of hydrogen-bond acceptors (Lipinski definition) is 2. The first-order valence-corrected chi connectivity index (χ1v) is 8.60. The summed E-state index contributed by atoms with van der Waals surface area (Å²) in [5, 5.41) is 13.7. The second-order valence-electron chi connectivity index (χ2n) is 5.80. The monoisotopic (exact) mass is 383 g/mol. The number of rotatable bonds is 3. The summed E-state index contributed by atoms with van der Waals surface area (Å²) in [6.07, 6.45) is 1.60. The highest BCUT2D eigenvalue weighted by atomic mass is 35.5. The maximum Gasteiger partial charge on any atom is 0.266 e. The predicted molar refractivity (Wildman–Crippen MR) is 106 cm³/mol. The molecule has 6 heteroatoms. The van der Waals surface area contributed by atoms with E-state index in [1.807, 2.05) is 48.9 Å². The number of aryl methyl sites for hydroxylation is 1. The Morgan fingerprint density at radius 2 is 1.92 bits per heavy atom. The first-order valence-electron chi connectivity index (χ1n) is 7.85. The normalized spacial score (nSPS) is 11.4. The van der Waals surface area contributed by atoms with E-state index in [1.165, 1.54) is 0 Å². The Bertz CT molecular complexity index is 1090. The van der Waals surface area contributed by atoms with Gasteiger partial charge < -0.3 is 9.88 Å². The van der Waals surface area contributed by atoms with Gasteiger partial charge in [-0.1, -0.05) is 47.5 Å². The molecule has 130 valence electrons. The lowest BCUT2D eigenvalue weighted by Crippen LogP contribution is -2.13. The van der Waals surface area contributed by atoms with Gasteiger partial charge in [-0.25, -0.2) is 0 Å². The van der Waals surface area contributed by atoms with Gasteiger partial charge in [-0.2, -0.15) is 5.26 Å². The van der Waals surface area contributed by atoms with E-state index in [2.05, 4.69) is 5.32 Å². The summed E-state index contributed by atoms with van der Waals surface area (Å²) in [7, 11) is 1.95. The molecule has 2 aromatic carbocycles. The third-order valence-electron chi connectivity index (χ3n) is 4.30. The van der Waals surface area contributed by atoms with Crippen LogP contribution < -0.4 is 5.32 Å². The Balaban J connectivity index is 2.02. The minimum Gasteiger partial charge on any atom is -0.347 e. The van der Waals surface area contributed by atoms with Crippen LogP contribution in [0, 0.1) is 18.3 Å². The van der Waals surface area contributed by atoms with E-state index in [9.17, 15) is 10.1 Å². The van der Waals surface area contributed by atoms with Crippen LogP contribution in [0.5, 0.6) is 0 Å². The average molecular weight is 384 g/mol. The smallest absolute Gasteiger partial charge is 0.266 e. The number of nitrogens with one attached hydrogen (secondary N) is 1. The molecule has 1 aromatic heterocycles. The minimum atomic E-state index is -0.538. The zero-order valence-electron chi connectivity index (χ0n) is 14.2. The highest BCUT2D eigenvalue weighted by Gasteiger charge is 2.16. The fourth-order valence-corrected chi connectivity index (χ4v) is 3.16. The standard InChI is InChI=1S/C20H15Cl2N3O/c1-12-15(14-6-3-4-9-18(14)25(12)2)10-13(11-23)20(26)24-17-8-5-7-16(21)19(17)22/h3-10H,1-2H3,(H,24,26). The number of halogens is 2. The number of fused-ring (bicyclic) bond motifs is 1. The Morgan fingerprint density at radius 1 is 1.19 bits per heavy atom. The number of aromatic nitrogens is 1. The molecule has 3 aromatic rings. The lowest BCUT2D eigenvalue weighted by Gasteiger charge is -2.07. The Kier molecular flexibility index (Phi) is 5.03. The van der Waals surface area contributed by atoms with Gasteiger partial charge in [-0.3, -0.25) is 4.79 Å². The summed E-state index contributed by atoms with van der Waals surface area (Å²) < 4.78 is 2.03. The van der Waals surface area contributed by atoms with Crippen LogP contribution in [0.25, 0.3) is 17.0 Å². The van der Waals surface area contributed by atoms with Crippen LogP contribution in [0.1, 0.15) is 11.3 Å². The predicted octanol–water partition coefficient (Wildman–Crippen LogP) is 5.34. The van der Waals surface area contributed by atoms with E-state index < -0.39 is 5.91 Å². The molecular formula is C20H15Cl2N3O. The van der Waals surface area contributed by atoms with Gasteiger partial charge in [-0.05, 0) is 31.2 Å². The Labute approximate surface area is 161 Å². The van der Waals surface area contributed by atoms with E-state index in [0.717, 1.165) is 22.2 Å². The van der Waals surface area contributed by atoms with E-state index >= 15 is 0 Å². The quantitative estimate of drug-likeness (QED) is 0.490. The van der Waals surface area contributed by atoms with Crippen molar-refractivity contribution in [2.75, 3.05) is 5.32 Å². The lowest BCUT2D eigenvalue weighted by atomic mass is 10.1. The molecule has 1 amide bonds. The molecule has 1 N–H and O–H groups in total. The summed E-state index contributed by atoms with van der Waals surface area (Å²) in [6, 6.07) is 14.7. The van der Waals surface area contributed by atoms with E-state index in [0.29, 0.717) is 10.7 Å². The second-order valence-corrected chi connectivity index (χ2v) is 6.59. The number of nitrogens with zero attached hydrogens (tertiary/aromatic N) is 2. The second kappa shape index (κ2) is 7.25. The van der Waals surface area contributed by atoms with Gasteiger partial charge in [0.2, 0.25) is 0 Å². The van der Waals surface area contributed by atoms with Gasteiger partial charge in [0.1, 0.15) is 11.6 Å². The highest BCUT2D eigenvalue weighted by Crippen LogP contribution is 2.30. The van der Waals surface area contributed by atoms with Gasteiger partial charge in [-0.15, -0.1) is 0 Å². The maximum absolute atomic E-state index is 12.6. The van der Waals surface area contributed by atoms with Crippen LogP contribution in [0.15, 0.2) is 48.0 Å². The molecule has 0 aliphatic carbocycles. The molecule has 0 aliphatic rings. The molecule has 0 saturated heterocycles. The number of carbonyl (C=O) groups excluding carboxylic acids is 1. The van der Waals surface area contributed by atoms with Crippen molar-refractivity contribution in [3.05, 3.63) is 69.3 Å². The zero-order valence-corrected chi connectivity index (χ0v) is 15.7. The van der Waals surface area contributed by atoms with Gasteiger partial charge in [0, 0.05) is 29.2 Å². The third-order valence-corrected chi connectivity index (χ3v) is 5.12. The number of nitriles is 1. The molecule has 4 nitrogen and oxygen atoms in total. The fourth-order valence-electron chi connectivity index (χ4n) is 2.82. The molecule has 0 unspecified atom stereocenters. The zero-order chi connectivity index (χ0) is 18.8. The fraction of sp³-hybridized carbons (Fsp3) is 0.100.